The molecule has 1 aliphatic rings. The molecule has 106 valence electrons. The smallest absolute Gasteiger partial charge is 0.214 e. The molecular weight excluding hydrogens is 262 g/mol. The summed E-state index contributed by atoms with van der Waals surface area (Å²) in [5, 5.41) is 9.99. The van der Waals surface area contributed by atoms with Crippen LogP contribution in [0.15, 0.2) is 18.2 Å². The van der Waals surface area contributed by atoms with Gasteiger partial charge in [0.2, 0.25) is 10.0 Å². The lowest BCUT2D eigenvalue weighted by Gasteiger charge is -2.13. The van der Waals surface area contributed by atoms with Crippen LogP contribution in [0, 0.1) is 0 Å². The van der Waals surface area contributed by atoms with E-state index in [1.165, 1.54) is 4.31 Å². The molecule has 0 saturated heterocycles. The maximum Gasteiger partial charge on any atom is 0.214 e. The molecule has 1 heterocycles. The summed E-state index contributed by atoms with van der Waals surface area (Å²) < 4.78 is 25.2. The number of aliphatic hydroxyl groups is 1. The highest BCUT2D eigenvalue weighted by atomic mass is 32.2. The van der Waals surface area contributed by atoms with E-state index < -0.39 is 16.1 Å². The fourth-order valence-corrected chi connectivity index (χ4v) is 3.45. The fourth-order valence-electron chi connectivity index (χ4n) is 2.41. The maximum atomic E-state index is 11.9. The zero-order valence-corrected chi connectivity index (χ0v) is 12.3. The fraction of sp³-hybridized carbons (Fsp3) is 0.571. The van der Waals surface area contributed by atoms with Crippen LogP contribution in [0.4, 0.5) is 0 Å². The van der Waals surface area contributed by atoms with Crippen LogP contribution in [-0.4, -0.2) is 23.6 Å². The largest absolute Gasteiger partial charge is 0.388 e. The third kappa shape index (κ3) is 2.99. The van der Waals surface area contributed by atoms with Crippen LogP contribution in [0.1, 0.15) is 49.5 Å². The number of benzene rings is 1. The molecule has 1 aromatic rings. The topological polar surface area (TPSA) is 57.6 Å². The monoisotopic (exact) mass is 283 g/mol. The summed E-state index contributed by atoms with van der Waals surface area (Å²) in [6.07, 6.45) is 1.21. The van der Waals surface area contributed by atoms with E-state index in [1.807, 2.05) is 25.1 Å². The van der Waals surface area contributed by atoms with Gasteiger partial charge in [-0.3, -0.25) is 0 Å². The highest BCUT2D eigenvalue weighted by Crippen LogP contribution is 2.29. The van der Waals surface area contributed by atoms with Crippen LogP contribution in [0.25, 0.3) is 0 Å². The van der Waals surface area contributed by atoms with Gasteiger partial charge in [-0.2, -0.15) is 4.31 Å². The molecule has 0 saturated carbocycles. The highest BCUT2D eigenvalue weighted by molar-refractivity contribution is 7.89. The van der Waals surface area contributed by atoms with Crippen molar-refractivity contribution in [3.63, 3.8) is 0 Å². The third-order valence-corrected chi connectivity index (χ3v) is 5.40. The van der Waals surface area contributed by atoms with Gasteiger partial charge in [-0.15, -0.1) is 0 Å². The number of aliphatic hydroxyl groups excluding tert-OH is 1. The summed E-state index contributed by atoms with van der Waals surface area (Å²) in [4.78, 5) is 0. The molecule has 0 bridgehead atoms. The Balaban J connectivity index is 2.21. The van der Waals surface area contributed by atoms with Crippen LogP contribution in [0.2, 0.25) is 0 Å². The number of fused-ring (bicyclic) bond motifs is 1. The molecule has 1 atom stereocenters. The minimum Gasteiger partial charge on any atom is -0.388 e. The zero-order valence-electron chi connectivity index (χ0n) is 11.5. The van der Waals surface area contributed by atoms with Crippen LogP contribution >= 0.6 is 0 Å². The number of hydrogen-bond donors (Lipinski definition) is 1. The van der Waals surface area contributed by atoms with Gasteiger partial charge in [0, 0.05) is 13.1 Å². The molecule has 0 aliphatic carbocycles. The molecule has 1 N–H and O–H groups in total. The lowest BCUT2D eigenvalue weighted by molar-refractivity contribution is 0.166. The first-order valence-electron chi connectivity index (χ1n) is 6.75. The van der Waals surface area contributed by atoms with E-state index in [2.05, 4.69) is 0 Å². The lowest BCUT2D eigenvalue weighted by atomic mass is 10.0. The van der Waals surface area contributed by atoms with Gasteiger partial charge in [-0.25, -0.2) is 8.42 Å². The minimum atomic E-state index is -3.14. The lowest BCUT2D eigenvalue weighted by Crippen LogP contribution is -2.26. The molecule has 1 unspecified atom stereocenters. The maximum absolute atomic E-state index is 11.9. The molecule has 0 radical (unpaired) electrons. The SMILES string of the molecule is CCCC(O)c1ccc2c(c1)CN(S(=O)(=O)CC)C2. The van der Waals surface area contributed by atoms with E-state index in [0.29, 0.717) is 13.1 Å². The second kappa shape index (κ2) is 5.61. The summed E-state index contributed by atoms with van der Waals surface area (Å²) in [7, 11) is -3.14. The Bertz CT molecular complexity index is 554. The Kier molecular flexibility index (Phi) is 4.28. The van der Waals surface area contributed by atoms with Crippen molar-refractivity contribution in [2.45, 2.75) is 45.9 Å². The van der Waals surface area contributed by atoms with Gasteiger partial charge < -0.3 is 5.11 Å². The first-order chi connectivity index (χ1) is 8.97. The molecular formula is C14H21NO3S. The Morgan fingerprint density at radius 3 is 2.58 bits per heavy atom. The molecule has 0 aromatic heterocycles. The highest BCUT2D eigenvalue weighted by Gasteiger charge is 2.28. The van der Waals surface area contributed by atoms with E-state index in [1.54, 1.807) is 6.92 Å². The van der Waals surface area contributed by atoms with E-state index in [9.17, 15) is 13.5 Å². The summed E-state index contributed by atoms with van der Waals surface area (Å²) in [6.45, 7) is 4.58. The molecule has 0 amide bonds. The van der Waals surface area contributed by atoms with Crippen molar-refractivity contribution < 1.29 is 13.5 Å². The van der Waals surface area contributed by atoms with Gasteiger partial charge in [-0.05, 0) is 30.0 Å². The predicted molar refractivity (Wildman–Crippen MR) is 75.0 cm³/mol. The standard InChI is InChI=1S/C14H21NO3S/c1-3-5-14(16)11-6-7-12-9-15(10-13(12)8-11)19(17,18)4-2/h6-8,14,16H,3-5,9-10H2,1-2H3. The van der Waals surface area contributed by atoms with Crippen molar-refractivity contribution in [2.75, 3.05) is 5.75 Å². The second-order valence-corrected chi connectivity index (χ2v) is 7.26. The number of rotatable bonds is 5. The molecule has 5 heteroatoms. The van der Waals surface area contributed by atoms with E-state index in [-0.39, 0.29) is 5.75 Å². The van der Waals surface area contributed by atoms with Crippen molar-refractivity contribution in [1.29, 1.82) is 0 Å². The normalized spacial score (nSPS) is 17.4. The Hall–Kier alpha value is -0.910. The van der Waals surface area contributed by atoms with Crippen molar-refractivity contribution in [1.82, 2.24) is 4.31 Å². The van der Waals surface area contributed by atoms with E-state index in [4.69, 9.17) is 0 Å². The summed E-state index contributed by atoms with van der Waals surface area (Å²) >= 11 is 0. The zero-order chi connectivity index (χ0) is 14.0. The van der Waals surface area contributed by atoms with Crippen molar-refractivity contribution >= 4 is 10.0 Å². The quantitative estimate of drug-likeness (QED) is 0.901. The third-order valence-electron chi connectivity index (χ3n) is 3.63. The van der Waals surface area contributed by atoms with E-state index in [0.717, 1.165) is 29.5 Å². The number of hydrogen-bond acceptors (Lipinski definition) is 3. The van der Waals surface area contributed by atoms with Gasteiger partial charge in [0.25, 0.3) is 0 Å². The van der Waals surface area contributed by atoms with Gasteiger partial charge >= 0.3 is 0 Å². The van der Waals surface area contributed by atoms with Crippen LogP contribution in [-0.2, 0) is 23.1 Å². The Morgan fingerprint density at radius 1 is 1.26 bits per heavy atom. The molecule has 4 nitrogen and oxygen atoms in total. The molecule has 1 aliphatic heterocycles. The van der Waals surface area contributed by atoms with Gasteiger partial charge in [0.1, 0.15) is 0 Å². The number of sulfonamides is 1. The van der Waals surface area contributed by atoms with Crippen molar-refractivity contribution in [3.8, 4) is 0 Å². The second-order valence-electron chi connectivity index (χ2n) is 5.00. The summed E-state index contributed by atoms with van der Waals surface area (Å²) in [5.41, 5.74) is 2.95. The predicted octanol–water partition coefficient (Wildman–Crippen LogP) is 2.19. The van der Waals surface area contributed by atoms with Gasteiger partial charge in [0.15, 0.2) is 0 Å². The Morgan fingerprint density at radius 2 is 1.95 bits per heavy atom. The van der Waals surface area contributed by atoms with Gasteiger partial charge in [-0.1, -0.05) is 31.5 Å². The van der Waals surface area contributed by atoms with Crippen LogP contribution < -0.4 is 0 Å². The van der Waals surface area contributed by atoms with Gasteiger partial charge in [0.05, 0.1) is 11.9 Å². The van der Waals surface area contributed by atoms with Crippen LogP contribution in [0.3, 0.4) is 0 Å². The average Bonchev–Trinajstić information content (AvgIpc) is 2.82. The van der Waals surface area contributed by atoms with Crippen molar-refractivity contribution in [3.05, 3.63) is 34.9 Å². The molecule has 0 spiro atoms. The molecule has 19 heavy (non-hydrogen) atoms. The molecule has 2 rings (SSSR count). The molecule has 1 aromatic carbocycles. The molecule has 0 fully saturated rings. The number of nitrogens with zero attached hydrogens (tertiary/aromatic N) is 1. The summed E-state index contributed by atoms with van der Waals surface area (Å²) in [6, 6.07) is 5.79. The summed E-state index contributed by atoms with van der Waals surface area (Å²) in [5.74, 6) is 0.131. The first-order valence-corrected chi connectivity index (χ1v) is 8.36. The minimum absolute atomic E-state index is 0.131. The van der Waals surface area contributed by atoms with E-state index >= 15 is 0 Å². The Labute approximate surface area is 115 Å². The average molecular weight is 283 g/mol. The van der Waals surface area contributed by atoms with Crippen molar-refractivity contribution in [2.24, 2.45) is 0 Å². The first kappa shape index (κ1) is 14.5. The van der Waals surface area contributed by atoms with Crippen LogP contribution in [0.5, 0.6) is 0 Å².